The number of hydrogen-bond acceptors (Lipinski definition) is 6. The van der Waals surface area contributed by atoms with Crippen LogP contribution in [-0.4, -0.2) is 45.8 Å². The Bertz CT molecular complexity index is 1270. The average Bonchev–Trinajstić information content (AvgIpc) is 3.28. The van der Waals surface area contributed by atoms with E-state index in [2.05, 4.69) is 29.0 Å². The number of furan rings is 1. The molecule has 2 atom stereocenters. The molecule has 0 spiro atoms. The molecule has 7 heteroatoms. The maximum absolute atomic E-state index is 12.3. The Morgan fingerprint density at radius 2 is 1.68 bits per heavy atom. The van der Waals surface area contributed by atoms with E-state index in [0.717, 1.165) is 11.1 Å². The minimum atomic E-state index is -1.19. The Hall–Kier alpha value is -4.14. The van der Waals surface area contributed by atoms with Gasteiger partial charge >= 0.3 is 0 Å². The Morgan fingerprint density at radius 1 is 1.00 bits per heavy atom. The lowest BCUT2D eigenvalue weighted by molar-refractivity contribution is -0.125. The first-order chi connectivity index (χ1) is 16.4. The van der Waals surface area contributed by atoms with Crippen LogP contribution in [0, 0.1) is 23.7 Å². The molecule has 0 aliphatic carbocycles. The fourth-order valence-corrected chi connectivity index (χ4v) is 3.13. The van der Waals surface area contributed by atoms with E-state index in [4.69, 9.17) is 9.52 Å². The van der Waals surface area contributed by atoms with Crippen molar-refractivity contribution in [3.8, 4) is 34.8 Å². The predicted octanol–water partition coefficient (Wildman–Crippen LogP) is 1.88. The van der Waals surface area contributed by atoms with E-state index in [1.54, 1.807) is 18.2 Å². The summed E-state index contributed by atoms with van der Waals surface area (Å²) in [6.07, 6.45) is -1.14. The second-order valence-electron chi connectivity index (χ2n) is 7.37. The molecular formula is C27H23NO6. The summed E-state index contributed by atoms with van der Waals surface area (Å²) in [6, 6.07) is 16.4. The van der Waals surface area contributed by atoms with Crippen LogP contribution >= 0.6 is 0 Å². The molecule has 0 bridgehead atoms. The lowest BCUT2D eigenvalue weighted by Crippen LogP contribution is -2.48. The van der Waals surface area contributed by atoms with Gasteiger partial charge in [0.2, 0.25) is 0 Å². The van der Waals surface area contributed by atoms with Gasteiger partial charge in [-0.05, 0) is 60.6 Å². The summed E-state index contributed by atoms with van der Waals surface area (Å²) in [4.78, 5) is 24.0. The number of hydrogen-bond donors (Lipinski definition) is 4. The summed E-state index contributed by atoms with van der Waals surface area (Å²) in [5.41, 5.74) is 2.57. The van der Waals surface area contributed by atoms with Gasteiger partial charge in [-0.1, -0.05) is 36.3 Å². The van der Waals surface area contributed by atoms with Crippen molar-refractivity contribution in [2.75, 3.05) is 6.61 Å². The second kappa shape index (κ2) is 11.6. The fraction of sp³-hybridized carbons (Fsp3) is 0.185. The quantitative estimate of drug-likeness (QED) is 0.402. The van der Waals surface area contributed by atoms with Crippen LogP contribution in [0.1, 0.15) is 34.4 Å². The van der Waals surface area contributed by atoms with Crippen LogP contribution in [0.15, 0.2) is 65.1 Å². The van der Waals surface area contributed by atoms with E-state index in [-0.39, 0.29) is 12.2 Å². The van der Waals surface area contributed by atoms with E-state index in [9.17, 15) is 19.8 Å². The van der Waals surface area contributed by atoms with E-state index in [1.807, 2.05) is 30.3 Å². The van der Waals surface area contributed by atoms with Crippen molar-refractivity contribution in [1.29, 1.82) is 0 Å². The van der Waals surface area contributed by atoms with Gasteiger partial charge in [0.1, 0.15) is 25.0 Å². The second-order valence-corrected chi connectivity index (χ2v) is 7.37. The van der Waals surface area contributed by atoms with Crippen molar-refractivity contribution in [3.05, 3.63) is 83.3 Å². The maximum atomic E-state index is 12.3. The minimum Gasteiger partial charge on any atom is -0.450 e. The average molecular weight is 457 g/mol. The van der Waals surface area contributed by atoms with E-state index in [1.165, 1.54) is 19.1 Å². The lowest BCUT2D eigenvalue weighted by atomic mass is 10.1. The number of aliphatic hydroxyl groups is 3. The summed E-state index contributed by atoms with van der Waals surface area (Å²) in [6.45, 7) is 0.338. The molecule has 0 saturated heterocycles. The molecule has 0 saturated carbocycles. The zero-order valence-corrected chi connectivity index (χ0v) is 18.4. The standard InChI is InChI=1S/C27H23NO6/c1-18(31)26(24(32)17-30)28-27(33)21-13-11-19(12-14-21)7-5-6-10-25-23(15-22(16-29)34-25)20-8-3-2-4-9-20/h2-4,8-9,11-15,18,26,29-31H,16-17H2,1H3,(H,28,33)/t18-,26+/m1/s1. The molecule has 3 aromatic rings. The molecule has 2 aromatic carbocycles. The number of benzene rings is 2. The molecule has 1 aromatic heterocycles. The number of carbonyl (C=O) groups excluding carboxylic acids is 2. The van der Waals surface area contributed by atoms with E-state index >= 15 is 0 Å². The fourth-order valence-electron chi connectivity index (χ4n) is 3.13. The van der Waals surface area contributed by atoms with Crippen molar-refractivity contribution in [3.63, 3.8) is 0 Å². The molecule has 0 fully saturated rings. The highest BCUT2D eigenvalue weighted by atomic mass is 16.4. The van der Waals surface area contributed by atoms with Gasteiger partial charge in [-0.2, -0.15) is 0 Å². The van der Waals surface area contributed by atoms with Crippen molar-refractivity contribution < 1.29 is 29.3 Å². The van der Waals surface area contributed by atoms with Crippen LogP contribution in [0.4, 0.5) is 0 Å². The van der Waals surface area contributed by atoms with Crippen LogP contribution in [0.5, 0.6) is 0 Å². The van der Waals surface area contributed by atoms with Crippen LogP contribution in [0.2, 0.25) is 0 Å². The number of ketones is 1. The molecule has 3 rings (SSSR count). The number of nitrogens with one attached hydrogen (secondary N) is 1. The first-order valence-electron chi connectivity index (χ1n) is 10.5. The van der Waals surface area contributed by atoms with Gasteiger partial charge in [0, 0.05) is 16.7 Å². The predicted molar refractivity (Wildman–Crippen MR) is 125 cm³/mol. The molecule has 4 N–H and O–H groups in total. The third kappa shape index (κ3) is 6.22. The van der Waals surface area contributed by atoms with Crippen LogP contribution in [0.25, 0.3) is 11.1 Å². The van der Waals surface area contributed by atoms with Crippen molar-refractivity contribution in [1.82, 2.24) is 5.32 Å². The molecular weight excluding hydrogens is 434 g/mol. The maximum Gasteiger partial charge on any atom is 0.251 e. The zero-order valence-electron chi connectivity index (χ0n) is 18.4. The van der Waals surface area contributed by atoms with Gasteiger partial charge in [0.25, 0.3) is 5.91 Å². The van der Waals surface area contributed by atoms with Crippen molar-refractivity contribution in [2.45, 2.75) is 25.7 Å². The first-order valence-corrected chi connectivity index (χ1v) is 10.5. The van der Waals surface area contributed by atoms with E-state index in [0.29, 0.717) is 17.1 Å². The summed E-state index contributed by atoms with van der Waals surface area (Å²) >= 11 is 0. The third-order valence-corrected chi connectivity index (χ3v) is 4.89. The van der Waals surface area contributed by atoms with Crippen LogP contribution < -0.4 is 5.32 Å². The highest BCUT2D eigenvalue weighted by molar-refractivity contribution is 5.98. The Kier molecular flexibility index (Phi) is 8.39. The molecule has 0 unspecified atom stereocenters. The van der Waals surface area contributed by atoms with Gasteiger partial charge in [-0.3, -0.25) is 9.59 Å². The first kappa shape index (κ1) is 24.5. The number of Topliss-reactive ketones (excluding diaryl/α,β-unsaturated/α-hetero) is 1. The molecule has 0 aliphatic heterocycles. The number of aliphatic hydroxyl groups excluding tert-OH is 3. The normalized spacial score (nSPS) is 11.9. The SMILES string of the molecule is C[C@@H](O)[C@H](NC(=O)c1ccc(C#CC#Cc2oc(CO)cc2-c2ccccc2)cc1)C(=O)CO. The Balaban J connectivity index is 1.72. The lowest BCUT2D eigenvalue weighted by Gasteiger charge is -2.19. The molecule has 0 radical (unpaired) electrons. The van der Waals surface area contributed by atoms with Gasteiger partial charge in [0.15, 0.2) is 11.5 Å². The number of amides is 1. The largest absolute Gasteiger partial charge is 0.450 e. The van der Waals surface area contributed by atoms with Gasteiger partial charge < -0.3 is 25.1 Å². The van der Waals surface area contributed by atoms with Gasteiger partial charge in [0.05, 0.1) is 6.10 Å². The summed E-state index contributed by atoms with van der Waals surface area (Å²) in [5.74, 6) is 10.8. The van der Waals surface area contributed by atoms with E-state index < -0.39 is 30.4 Å². The molecule has 0 aliphatic rings. The van der Waals surface area contributed by atoms with Crippen molar-refractivity contribution >= 4 is 11.7 Å². The highest BCUT2D eigenvalue weighted by Gasteiger charge is 2.25. The monoisotopic (exact) mass is 457 g/mol. The Morgan fingerprint density at radius 3 is 2.29 bits per heavy atom. The van der Waals surface area contributed by atoms with Crippen molar-refractivity contribution in [2.24, 2.45) is 0 Å². The number of rotatable bonds is 7. The summed E-state index contributed by atoms with van der Waals surface area (Å²) in [5, 5.41) is 30.4. The topological polar surface area (TPSA) is 120 Å². The smallest absolute Gasteiger partial charge is 0.251 e. The Labute approximate surface area is 197 Å². The van der Waals surface area contributed by atoms with Crippen LogP contribution in [0.3, 0.4) is 0 Å². The molecule has 1 amide bonds. The zero-order chi connectivity index (χ0) is 24.5. The van der Waals surface area contributed by atoms with Gasteiger partial charge in [-0.15, -0.1) is 0 Å². The van der Waals surface area contributed by atoms with Gasteiger partial charge in [-0.25, -0.2) is 0 Å². The molecule has 34 heavy (non-hydrogen) atoms. The molecule has 1 heterocycles. The minimum absolute atomic E-state index is 0.237. The third-order valence-electron chi connectivity index (χ3n) is 4.89. The molecule has 7 nitrogen and oxygen atoms in total. The summed E-state index contributed by atoms with van der Waals surface area (Å²) in [7, 11) is 0. The number of carbonyl (C=O) groups is 2. The highest BCUT2D eigenvalue weighted by Crippen LogP contribution is 2.26. The van der Waals surface area contributed by atoms with Crippen LogP contribution in [-0.2, 0) is 11.4 Å². The summed E-state index contributed by atoms with van der Waals surface area (Å²) < 4.78 is 5.59. The molecule has 172 valence electrons.